The van der Waals surface area contributed by atoms with Gasteiger partial charge in [-0.05, 0) is 0 Å². The molecule has 0 aromatic rings. The van der Waals surface area contributed by atoms with Crippen molar-refractivity contribution in [1.29, 1.82) is 0 Å². The van der Waals surface area contributed by atoms with Crippen molar-refractivity contribution in [1.82, 2.24) is 20.5 Å². The number of thioether (sulfide) groups is 1. The molecule has 4 N–H and O–H groups in total. The number of hydrogen-bond acceptors (Lipinski definition) is 7. The summed E-state index contributed by atoms with van der Waals surface area (Å²) in [5.74, 6) is 4.37. The smallest absolute Gasteiger partial charge is 0.328 e. The van der Waals surface area contributed by atoms with E-state index < -0.39 is 18.2 Å². The van der Waals surface area contributed by atoms with E-state index in [-0.39, 0.29) is 17.6 Å². The Morgan fingerprint density at radius 3 is 2.84 bits per heavy atom. The monoisotopic (exact) mass is 286 g/mol. The molecule has 2 aliphatic rings. The van der Waals surface area contributed by atoms with Crippen molar-refractivity contribution in [2.24, 2.45) is 10.8 Å². The van der Waals surface area contributed by atoms with Crippen LogP contribution in [-0.2, 0) is 9.59 Å². The third-order valence-electron chi connectivity index (χ3n) is 2.91. The normalized spacial score (nSPS) is 25.9. The maximum atomic E-state index is 11.9. The first-order valence-electron chi connectivity index (χ1n) is 5.46. The van der Waals surface area contributed by atoms with E-state index in [9.17, 15) is 14.4 Å². The van der Waals surface area contributed by atoms with Crippen LogP contribution in [0.15, 0.2) is 4.99 Å². The number of amidine groups is 1. The van der Waals surface area contributed by atoms with E-state index in [1.807, 2.05) is 5.43 Å². The fourth-order valence-corrected chi connectivity index (χ4v) is 2.59. The molecule has 104 valence electrons. The molecule has 2 heterocycles. The highest BCUT2D eigenvalue weighted by molar-refractivity contribution is 8.14. The number of fused-ring (bicyclic) bond motifs is 1. The molecule has 2 aliphatic heterocycles. The Hall–Kier alpha value is -1.81. The van der Waals surface area contributed by atoms with Crippen LogP contribution >= 0.6 is 11.8 Å². The zero-order valence-electron chi connectivity index (χ0n) is 10.4. The van der Waals surface area contributed by atoms with E-state index in [2.05, 4.69) is 10.3 Å². The quantitative estimate of drug-likeness (QED) is 0.303. The van der Waals surface area contributed by atoms with E-state index >= 15 is 0 Å². The van der Waals surface area contributed by atoms with Gasteiger partial charge in [0.25, 0.3) is 5.91 Å². The lowest BCUT2D eigenvalue weighted by molar-refractivity contribution is -0.133. The second-order valence-electron chi connectivity index (χ2n) is 4.12. The van der Waals surface area contributed by atoms with Gasteiger partial charge in [0.2, 0.25) is 5.91 Å². The number of nitrogens with two attached hydrogens (primary N) is 1. The average molecular weight is 286 g/mol. The SMILES string of the molecule is CN1C(=O)[C@H]2NC(SCC(=O)NN)=N[C@H]2N(C)C1=O. The minimum absolute atomic E-state index is 0.0868. The van der Waals surface area contributed by atoms with E-state index in [4.69, 9.17) is 5.84 Å². The first-order chi connectivity index (χ1) is 8.95. The van der Waals surface area contributed by atoms with Gasteiger partial charge in [0, 0.05) is 14.1 Å². The molecule has 1 fully saturated rings. The van der Waals surface area contributed by atoms with Gasteiger partial charge in [-0.25, -0.2) is 15.6 Å². The second kappa shape index (κ2) is 5.05. The first kappa shape index (κ1) is 13.6. The van der Waals surface area contributed by atoms with Crippen LogP contribution in [0.2, 0.25) is 0 Å². The molecule has 10 heteroatoms. The maximum absolute atomic E-state index is 11.9. The summed E-state index contributed by atoms with van der Waals surface area (Å²) in [7, 11) is 3.00. The summed E-state index contributed by atoms with van der Waals surface area (Å²) in [6, 6.07) is -1.00. The Labute approximate surface area is 113 Å². The molecular weight excluding hydrogens is 272 g/mol. The van der Waals surface area contributed by atoms with E-state index in [1.165, 1.54) is 11.9 Å². The summed E-state index contributed by atoms with van der Waals surface area (Å²) >= 11 is 1.13. The van der Waals surface area contributed by atoms with Crippen LogP contribution < -0.4 is 16.6 Å². The van der Waals surface area contributed by atoms with Gasteiger partial charge in [-0.2, -0.15) is 0 Å². The van der Waals surface area contributed by atoms with Gasteiger partial charge in [0.05, 0.1) is 5.75 Å². The number of imide groups is 1. The standard InChI is InChI=1S/C9H14N6O3S/c1-14-6-5(7(17)15(2)9(14)18)11-8(12-6)19-3-4(16)13-10/h5-6H,3,10H2,1-2H3,(H,11,12)(H,13,16)/t5-,6-/m0/s1. The van der Waals surface area contributed by atoms with Crippen LogP contribution in [0.5, 0.6) is 0 Å². The number of amides is 4. The summed E-state index contributed by atoms with van der Waals surface area (Å²) in [6.45, 7) is 0. The average Bonchev–Trinajstić information content (AvgIpc) is 2.84. The molecule has 0 saturated carbocycles. The van der Waals surface area contributed by atoms with Gasteiger partial charge in [0.1, 0.15) is 6.04 Å². The summed E-state index contributed by atoms with van der Waals surface area (Å²) in [6.07, 6.45) is -0.570. The molecule has 1 saturated heterocycles. The molecule has 0 aromatic carbocycles. The highest BCUT2D eigenvalue weighted by Gasteiger charge is 2.46. The van der Waals surface area contributed by atoms with E-state index in [0.717, 1.165) is 16.7 Å². The van der Waals surface area contributed by atoms with Crippen molar-refractivity contribution in [3.63, 3.8) is 0 Å². The van der Waals surface area contributed by atoms with Crippen LogP contribution in [-0.4, -0.2) is 64.9 Å². The van der Waals surface area contributed by atoms with E-state index in [0.29, 0.717) is 5.17 Å². The molecule has 19 heavy (non-hydrogen) atoms. The number of nitrogens with one attached hydrogen (secondary N) is 2. The third-order valence-corrected chi connectivity index (χ3v) is 3.81. The zero-order chi connectivity index (χ0) is 14.2. The molecule has 0 spiro atoms. The van der Waals surface area contributed by atoms with Gasteiger partial charge in [0.15, 0.2) is 11.3 Å². The molecule has 2 atom stereocenters. The highest BCUT2D eigenvalue weighted by Crippen LogP contribution is 2.23. The van der Waals surface area contributed by atoms with Crippen LogP contribution in [0, 0.1) is 0 Å². The molecule has 0 bridgehead atoms. The minimum Gasteiger partial charge on any atom is -0.350 e. The molecule has 0 aromatic heterocycles. The van der Waals surface area contributed by atoms with Crippen molar-refractivity contribution in [2.45, 2.75) is 12.2 Å². The van der Waals surface area contributed by atoms with Gasteiger partial charge in [-0.15, -0.1) is 0 Å². The van der Waals surface area contributed by atoms with Crippen molar-refractivity contribution in [2.75, 3.05) is 19.8 Å². The Bertz CT molecular complexity index is 467. The predicted octanol–water partition coefficient (Wildman–Crippen LogP) is -2.11. The number of hydrogen-bond donors (Lipinski definition) is 3. The van der Waals surface area contributed by atoms with Crippen molar-refractivity contribution in [3.05, 3.63) is 0 Å². The predicted molar refractivity (Wildman–Crippen MR) is 68.9 cm³/mol. The fraction of sp³-hybridized carbons (Fsp3) is 0.556. The molecule has 2 rings (SSSR count). The Balaban J connectivity index is 2.07. The summed E-state index contributed by atoms with van der Waals surface area (Å²) < 4.78 is 0. The fourth-order valence-electron chi connectivity index (χ4n) is 1.85. The Morgan fingerprint density at radius 2 is 2.21 bits per heavy atom. The third kappa shape index (κ3) is 2.36. The first-order valence-corrected chi connectivity index (χ1v) is 6.45. The van der Waals surface area contributed by atoms with Crippen LogP contribution in [0.4, 0.5) is 4.79 Å². The maximum Gasteiger partial charge on any atom is 0.328 e. The van der Waals surface area contributed by atoms with Gasteiger partial charge in [-0.1, -0.05) is 11.8 Å². The van der Waals surface area contributed by atoms with Crippen LogP contribution in [0.1, 0.15) is 0 Å². The lowest BCUT2D eigenvalue weighted by Crippen LogP contribution is -2.63. The molecular formula is C9H14N6O3S. The number of rotatable bonds is 2. The number of likely N-dealkylation sites (N-methyl/N-ethyl adjacent to an activating group) is 2. The lowest BCUT2D eigenvalue weighted by atomic mass is 10.1. The van der Waals surface area contributed by atoms with Gasteiger partial charge >= 0.3 is 6.03 Å². The van der Waals surface area contributed by atoms with Crippen molar-refractivity contribution >= 4 is 34.8 Å². The number of aliphatic imine (C=N–C) groups is 1. The Kier molecular flexibility index (Phi) is 3.62. The van der Waals surface area contributed by atoms with Crippen LogP contribution in [0.3, 0.4) is 0 Å². The number of hydrazine groups is 1. The molecule has 0 unspecified atom stereocenters. The van der Waals surface area contributed by atoms with Gasteiger partial charge < -0.3 is 10.2 Å². The molecule has 4 amide bonds. The highest BCUT2D eigenvalue weighted by atomic mass is 32.2. The Morgan fingerprint density at radius 1 is 1.53 bits per heavy atom. The zero-order valence-corrected chi connectivity index (χ0v) is 11.2. The number of nitrogens with zero attached hydrogens (tertiary/aromatic N) is 3. The second-order valence-corrected chi connectivity index (χ2v) is 5.08. The number of urea groups is 1. The topological polar surface area (TPSA) is 120 Å². The summed E-state index contributed by atoms with van der Waals surface area (Å²) in [4.78, 5) is 41.4. The molecule has 0 aliphatic carbocycles. The molecule has 9 nitrogen and oxygen atoms in total. The minimum atomic E-state index is -0.601. The van der Waals surface area contributed by atoms with Crippen molar-refractivity contribution < 1.29 is 14.4 Å². The number of carbonyl (C=O) groups excluding carboxylic acids is 3. The number of carbonyl (C=O) groups is 3. The van der Waals surface area contributed by atoms with Crippen molar-refractivity contribution in [3.8, 4) is 0 Å². The van der Waals surface area contributed by atoms with Crippen LogP contribution in [0.25, 0.3) is 0 Å². The summed E-state index contributed by atoms with van der Waals surface area (Å²) in [5, 5.41) is 3.36. The van der Waals surface area contributed by atoms with Gasteiger partial charge in [-0.3, -0.25) is 19.9 Å². The lowest BCUT2D eigenvalue weighted by Gasteiger charge is -2.36. The largest absolute Gasteiger partial charge is 0.350 e. The summed E-state index contributed by atoms with van der Waals surface area (Å²) in [5.41, 5.74) is 2.00. The molecule has 0 radical (unpaired) electrons. The van der Waals surface area contributed by atoms with E-state index in [1.54, 1.807) is 7.05 Å².